The third-order valence-electron chi connectivity index (χ3n) is 5.23. The van der Waals surface area contributed by atoms with Crippen LogP contribution in [0.1, 0.15) is 86.1 Å². The smallest absolute Gasteiger partial charge is 0.328 e. The molecule has 1 aromatic carbocycles. The Morgan fingerprint density at radius 1 is 0.927 bits per heavy atom. The molecule has 232 valence electrons. The molecule has 0 aliphatic rings. The van der Waals surface area contributed by atoms with Crippen molar-refractivity contribution < 1.29 is 33.4 Å². The van der Waals surface area contributed by atoms with Crippen LogP contribution in [-0.2, 0) is 28.7 Å². The van der Waals surface area contributed by atoms with Gasteiger partial charge in [0.15, 0.2) is 0 Å². The van der Waals surface area contributed by atoms with Gasteiger partial charge in [0, 0.05) is 12.1 Å². The fourth-order valence-corrected chi connectivity index (χ4v) is 3.45. The zero-order chi connectivity index (χ0) is 31.8. The molecule has 3 N–H and O–H groups in total. The maximum Gasteiger partial charge on any atom is 0.328 e. The summed E-state index contributed by atoms with van der Waals surface area (Å²) in [4.78, 5) is 48.1. The van der Waals surface area contributed by atoms with Crippen LogP contribution in [0.15, 0.2) is 35.4 Å². The molecule has 10 heteroatoms. The Morgan fingerprint density at radius 3 is 1.98 bits per heavy atom. The molecule has 0 saturated carbocycles. The molecule has 0 fully saturated rings. The van der Waals surface area contributed by atoms with Crippen molar-refractivity contribution in [3.8, 4) is 5.75 Å². The summed E-state index contributed by atoms with van der Waals surface area (Å²) in [5.41, 5.74) is 2.33. The first-order chi connectivity index (χ1) is 19.4. The molecule has 2 amide bonds. The Morgan fingerprint density at radius 2 is 1.51 bits per heavy atom. The second kappa shape index (κ2) is 24.1. The van der Waals surface area contributed by atoms with E-state index in [1.807, 2.05) is 38.1 Å². The van der Waals surface area contributed by atoms with Crippen molar-refractivity contribution in [3.63, 3.8) is 0 Å². The first kappa shape index (κ1) is 39.5. The van der Waals surface area contributed by atoms with E-state index in [4.69, 9.17) is 19.6 Å². The highest BCUT2D eigenvalue weighted by Crippen LogP contribution is 2.14. The first-order valence-corrected chi connectivity index (χ1v) is 14.2. The van der Waals surface area contributed by atoms with E-state index in [-0.39, 0.29) is 43.9 Å². The SMILES string of the molecule is CCC.CCC/C(C)=C(\C(C)=N)C(=O)NCC(=O)NC(CCC(=O)OCC)C(=O)OCC.COc1ccccc1C. The standard InChI is InChI=1S/C20H33N3O6.C8H10O.C3H8/c1-6-9-13(4)18(14(5)21)19(26)22-12-16(24)23-15(20(27)29-8-3)10-11-17(25)28-7-2;1-7-5-3-4-6-8(7)9-2;1-3-2/h15,21H,6-12H2,1-5H3,(H,22,26)(H,23,24);3-6H,1-2H3;3H2,1-2H3/b18-13+,21-14?;;. The minimum Gasteiger partial charge on any atom is -0.496 e. The average Bonchev–Trinajstić information content (AvgIpc) is 2.91. The highest BCUT2D eigenvalue weighted by Gasteiger charge is 2.24. The molecule has 0 aromatic heterocycles. The Labute approximate surface area is 246 Å². The van der Waals surface area contributed by atoms with Gasteiger partial charge in [-0.25, -0.2) is 4.79 Å². The van der Waals surface area contributed by atoms with Gasteiger partial charge in [-0.05, 0) is 59.1 Å². The minimum absolute atomic E-state index is 0.0255. The molecule has 0 heterocycles. The predicted molar refractivity (Wildman–Crippen MR) is 162 cm³/mol. The van der Waals surface area contributed by atoms with Gasteiger partial charge in [-0.15, -0.1) is 0 Å². The molecule has 0 aliphatic carbocycles. The Kier molecular flexibility index (Phi) is 23.2. The summed E-state index contributed by atoms with van der Waals surface area (Å²) in [5, 5.41) is 12.7. The number of methoxy groups -OCH3 is 1. The molecule has 0 aliphatic heterocycles. The van der Waals surface area contributed by atoms with Crippen molar-refractivity contribution >= 4 is 29.5 Å². The van der Waals surface area contributed by atoms with E-state index in [1.54, 1.807) is 27.9 Å². The second-order valence-corrected chi connectivity index (χ2v) is 9.11. The maximum absolute atomic E-state index is 12.4. The van der Waals surface area contributed by atoms with Crippen LogP contribution in [0.5, 0.6) is 5.75 Å². The molecule has 1 unspecified atom stereocenters. The highest BCUT2D eigenvalue weighted by molar-refractivity contribution is 6.20. The van der Waals surface area contributed by atoms with Gasteiger partial charge in [0.2, 0.25) is 5.91 Å². The van der Waals surface area contributed by atoms with E-state index in [0.29, 0.717) is 6.42 Å². The number of hydrogen-bond donors (Lipinski definition) is 3. The monoisotopic (exact) mass is 577 g/mol. The molecular formula is C31H51N3O7. The third kappa shape index (κ3) is 18.3. The molecule has 0 saturated heterocycles. The molecule has 10 nitrogen and oxygen atoms in total. The summed E-state index contributed by atoms with van der Waals surface area (Å²) >= 11 is 0. The predicted octanol–water partition coefficient (Wildman–Crippen LogP) is 5.07. The summed E-state index contributed by atoms with van der Waals surface area (Å²) in [6, 6.07) is 6.92. The van der Waals surface area contributed by atoms with Crippen LogP contribution >= 0.6 is 0 Å². The number of ether oxygens (including phenoxy) is 3. The van der Waals surface area contributed by atoms with E-state index in [2.05, 4.69) is 24.5 Å². The van der Waals surface area contributed by atoms with E-state index in [0.717, 1.165) is 17.7 Å². The van der Waals surface area contributed by atoms with Gasteiger partial charge in [0.05, 0.1) is 32.4 Å². The zero-order valence-corrected chi connectivity index (χ0v) is 26.4. The van der Waals surface area contributed by atoms with Crippen molar-refractivity contribution in [3.05, 3.63) is 41.0 Å². The number of carbonyl (C=O) groups is 4. The van der Waals surface area contributed by atoms with Crippen LogP contribution < -0.4 is 15.4 Å². The number of carbonyl (C=O) groups excluding carboxylic acids is 4. The summed E-state index contributed by atoms with van der Waals surface area (Å²) in [5.74, 6) is -1.30. The molecule has 0 radical (unpaired) electrons. The van der Waals surface area contributed by atoms with Gasteiger partial charge >= 0.3 is 11.9 Å². The number of para-hydroxylation sites is 1. The van der Waals surface area contributed by atoms with Crippen molar-refractivity contribution in [2.45, 2.75) is 93.5 Å². The lowest BCUT2D eigenvalue weighted by Crippen LogP contribution is -2.46. The summed E-state index contributed by atoms with van der Waals surface area (Å²) < 4.78 is 14.8. The summed E-state index contributed by atoms with van der Waals surface area (Å²) in [6.45, 7) is 14.8. The van der Waals surface area contributed by atoms with Gasteiger partial charge in [-0.2, -0.15) is 0 Å². The number of aryl methyl sites for hydroxylation is 1. The van der Waals surface area contributed by atoms with Crippen molar-refractivity contribution in [1.82, 2.24) is 10.6 Å². The highest BCUT2D eigenvalue weighted by atomic mass is 16.5. The first-order valence-electron chi connectivity index (χ1n) is 14.2. The number of allylic oxidation sites excluding steroid dienone is 1. The van der Waals surface area contributed by atoms with Crippen LogP contribution in [0, 0.1) is 12.3 Å². The quantitative estimate of drug-likeness (QED) is 0.159. The lowest BCUT2D eigenvalue weighted by atomic mass is 10.0. The molecule has 0 bridgehead atoms. The number of hydrogen-bond acceptors (Lipinski definition) is 8. The molecule has 41 heavy (non-hydrogen) atoms. The van der Waals surface area contributed by atoms with Crippen LogP contribution in [0.25, 0.3) is 0 Å². The van der Waals surface area contributed by atoms with Crippen molar-refractivity contribution in [1.29, 1.82) is 5.41 Å². The van der Waals surface area contributed by atoms with Gasteiger partial charge in [0.1, 0.15) is 11.8 Å². The lowest BCUT2D eigenvalue weighted by molar-refractivity contribution is -0.148. The topological polar surface area (TPSA) is 144 Å². The van der Waals surface area contributed by atoms with Crippen LogP contribution in [-0.4, -0.2) is 62.4 Å². The lowest BCUT2D eigenvalue weighted by Gasteiger charge is -2.17. The van der Waals surface area contributed by atoms with E-state index in [1.165, 1.54) is 18.9 Å². The van der Waals surface area contributed by atoms with Gasteiger partial charge < -0.3 is 30.3 Å². The Balaban J connectivity index is 0. The fraction of sp³-hybridized carbons (Fsp3) is 0.581. The van der Waals surface area contributed by atoms with E-state index < -0.39 is 29.8 Å². The normalized spacial score (nSPS) is 11.1. The third-order valence-corrected chi connectivity index (χ3v) is 5.23. The number of benzene rings is 1. The second-order valence-electron chi connectivity index (χ2n) is 9.11. The molecule has 0 spiro atoms. The van der Waals surface area contributed by atoms with Crippen LogP contribution in [0.4, 0.5) is 0 Å². The van der Waals surface area contributed by atoms with Crippen molar-refractivity contribution in [2.24, 2.45) is 0 Å². The molecule has 1 atom stereocenters. The fourth-order valence-electron chi connectivity index (χ4n) is 3.45. The number of esters is 2. The van der Waals surface area contributed by atoms with E-state index >= 15 is 0 Å². The molecular weight excluding hydrogens is 526 g/mol. The number of amides is 2. The maximum atomic E-state index is 12.4. The van der Waals surface area contributed by atoms with Gasteiger partial charge in [-0.3, -0.25) is 14.4 Å². The zero-order valence-electron chi connectivity index (χ0n) is 26.4. The number of nitrogens with one attached hydrogen (secondary N) is 3. The summed E-state index contributed by atoms with van der Waals surface area (Å²) in [7, 11) is 1.68. The van der Waals surface area contributed by atoms with E-state index in [9.17, 15) is 19.2 Å². The Bertz CT molecular complexity index is 990. The van der Waals surface area contributed by atoms with Gasteiger partial charge in [-0.1, -0.05) is 57.4 Å². The van der Waals surface area contributed by atoms with Crippen molar-refractivity contribution in [2.75, 3.05) is 26.9 Å². The average molecular weight is 578 g/mol. The van der Waals surface area contributed by atoms with Crippen LogP contribution in [0.2, 0.25) is 0 Å². The molecule has 1 aromatic rings. The Hall–Kier alpha value is -3.69. The largest absolute Gasteiger partial charge is 0.496 e. The minimum atomic E-state index is -1.02. The summed E-state index contributed by atoms with van der Waals surface area (Å²) in [6.07, 6.45) is 2.72. The van der Waals surface area contributed by atoms with Gasteiger partial charge in [0.25, 0.3) is 5.91 Å². The van der Waals surface area contributed by atoms with Crippen LogP contribution in [0.3, 0.4) is 0 Å². The molecule has 1 rings (SSSR count). The number of rotatable bonds is 14.